The van der Waals surface area contributed by atoms with Gasteiger partial charge in [-0.15, -0.1) is 6.58 Å². The van der Waals surface area contributed by atoms with Gasteiger partial charge in [-0.2, -0.15) is 0 Å². The molecule has 0 aromatic heterocycles. The number of halogens is 1. The van der Waals surface area contributed by atoms with Crippen LogP contribution in [0, 0.1) is 5.82 Å². The van der Waals surface area contributed by atoms with Crippen LogP contribution in [0.2, 0.25) is 0 Å². The molecule has 0 spiro atoms. The van der Waals surface area contributed by atoms with Gasteiger partial charge >= 0.3 is 0 Å². The van der Waals surface area contributed by atoms with Gasteiger partial charge in [0, 0.05) is 29.9 Å². The fourth-order valence-corrected chi connectivity index (χ4v) is 2.45. The number of benzene rings is 2. The number of ketones is 1. The minimum atomic E-state index is -0.300. The van der Waals surface area contributed by atoms with Crippen molar-refractivity contribution in [1.82, 2.24) is 4.90 Å². The first-order valence-electron chi connectivity index (χ1n) is 7.97. The molecular weight excluding hydrogens is 319 g/mol. The predicted octanol–water partition coefficient (Wildman–Crippen LogP) is 3.66. The Hall–Kier alpha value is -2.79. The first-order chi connectivity index (χ1) is 12.0. The van der Waals surface area contributed by atoms with Crippen LogP contribution in [0.5, 0.6) is 0 Å². The molecule has 25 heavy (non-hydrogen) atoms. The molecule has 0 aliphatic heterocycles. The SMILES string of the molecule is C=CCN(CC(=O)Nc1cccc(C(C)=O)c1)Cc1ccccc1F. The molecule has 2 aromatic rings. The molecule has 0 atom stereocenters. The number of anilines is 1. The molecule has 5 heteroatoms. The van der Waals surface area contributed by atoms with Gasteiger partial charge in [0.15, 0.2) is 5.78 Å². The summed E-state index contributed by atoms with van der Waals surface area (Å²) in [7, 11) is 0. The number of hydrogen-bond donors (Lipinski definition) is 1. The van der Waals surface area contributed by atoms with Gasteiger partial charge in [0.05, 0.1) is 6.54 Å². The van der Waals surface area contributed by atoms with Gasteiger partial charge in [0.2, 0.25) is 5.91 Å². The Labute approximate surface area is 147 Å². The number of nitrogens with one attached hydrogen (secondary N) is 1. The van der Waals surface area contributed by atoms with E-state index in [9.17, 15) is 14.0 Å². The molecule has 0 heterocycles. The molecule has 0 saturated heterocycles. The number of carbonyl (C=O) groups excluding carboxylic acids is 2. The second kappa shape index (κ2) is 8.89. The number of Topliss-reactive ketones (excluding diaryl/α,β-unsaturated/α-hetero) is 1. The largest absolute Gasteiger partial charge is 0.325 e. The van der Waals surface area contributed by atoms with Crippen LogP contribution in [0.4, 0.5) is 10.1 Å². The third-order valence-corrected chi connectivity index (χ3v) is 3.66. The van der Waals surface area contributed by atoms with Crippen molar-refractivity contribution in [3.05, 3.63) is 78.1 Å². The molecule has 1 amide bonds. The summed E-state index contributed by atoms with van der Waals surface area (Å²) >= 11 is 0. The predicted molar refractivity (Wildman–Crippen MR) is 97.0 cm³/mol. The zero-order valence-electron chi connectivity index (χ0n) is 14.2. The Balaban J connectivity index is 2.02. The third-order valence-electron chi connectivity index (χ3n) is 3.66. The second-order valence-electron chi connectivity index (χ2n) is 5.73. The minimum absolute atomic E-state index is 0.0658. The first kappa shape index (κ1) is 18.5. The lowest BCUT2D eigenvalue weighted by molar-refractivity contribution is -0.117. The monoisotopic (exact) mass is 340 g/mol. The first-order valence-corrected chi connectivity index (χ1v) is 7.97. The molecule has 0 fully saturated rings. The number of carbonyl (C=O) groups is 2. The van der Waals surface area contributed by atoms with E-state index >= 15 is 0 Å². The summed E-state index contributed by atoms with van der Waals surface area (Å²) in [5, 5.41) is 2.77. The molecule has 4 nitrogen and oxygen atoms in total. The minimum Gasteiger partial charge on any atom is -0.325 e. The van der Waals surface area contributed by atoms with Gasteiger partial charge in [-0.1, -0.05) is 36.4 Å². The molecule has 0 aliphatic rings. The summed E-state index contributed by atoms with van der Waals surface area (Å²) in [5.74, 6) is -0.603. The summed E-state index contributed by atoms with van der Waals surface area (Å²) in [5.41, 5.74) is 1.62. The molecule has 0 aliphatic carbocycles. The average molecular weight is 340 g/mol. The maximum absolute atomic E-state index is 13.8. The van der Waals surface area contributed by atoms with E-state index in [1.165, 1.54) is 13.0 Å². The molecule has 0 radical (unpaired) electrons. The molecule has 130 valence electrons. The molecule has 0 saturated carbocycles. The fraction of sp³-hybridized carbons (Fsp3) is 0.200. The lowest BCUT2D eigenvalue weighted by atomic mass is 10.1. The molecule has 0 unspecified atom stereocenters. The zero-order chi connectivity index (χ0) is 18.2. The fourth-order valence-electron chi connectivity index (χ4n) is 2.45. The van der Waals surface area contributed by atoms with Crippen molar-refractivity contribution in [1.29, 1.82) is 0 Å². The van der Waals surface area contributed by atoms with Gasteiger partial charge in [-0.05, 0) is 25.1 Å². The number of nitrogens with zero attached hydrogens (tertiary/aromatic N) is 1. The maximum Gasteiger partial charge on any atom is 0.238 e. The number of rotatable bonds is 8. The van der Waals surface area contributed by atoms with Crippen LogP contribution >= 0.6 is 0 Å². The number of hydrogen-bond acceptors (Lipinski definition) is 3. The highest BCUT2D eigenvalue weighted by Crippen LogP contribution is 2.13. The van der Waals surface area contributed by atoms with Crippen LogP contribution in [0.15, 0.2) is 61.2 Å². The summed E-state index contributed by atoms with van der Waals surface area (Å²) < 4.78 is 13.8. The van der Waals surface area contributed by atoms with E-state index in [4.69, 9.17) is 0 Å². The van der Waals surface area contributed by atoms with Gasteiger partial charge in [0.25, 0.3) is 0 Å². The van der Waals surface area contributed by atoms with E-state index < -0.39 is 0 Å². The summed E-state index contributed by atoms with van der Waals surface area (Å²) in [6.07, 6.45) is 1.67. The zero-order valence-corrected chi connectivity index (χ0v) is 14.2. The Morgan fingerprint density at radius 1 is 1.20 bits per heavy atom. The van der Waals surface area contributed by atoms with Crippen molar-refractivity contribution in [3.63, 3.8) is 0 Å². The van der Waals surface area contributed by atoms with E-state index in [0.717, 1.165) is 0 Å². The van der Waals surface area contributed by atoms with Crippen LogP contribution < -0.4 is 5.32 Å². The Morgan fingerprint density at radius 3 is 2.64 bits per heavy atom. The van der Waals surface area contributed by atoms with E-state index in [1.807, 2.05) is 0 Å². The highest BCUT2D eigenvalue weighted by atomic mass is 19.1. The quantitative estimate of drug-likeness (QED) is 0.589. The Morgan fingerprint density at radius 2 is 1.96 bits per heavy atom. The van der Waals surface area contributed by atoms with E-state index in [0.29, 0.717) is 29.9 Å². The summed E-state index contributed by atoms with van der Waals surface area (Å²) in [6.45, 7) is 6.00. The topological polar surface area (TPSA) is 49.4 Å². The van der Waals surface area contributed by atoms with Gasteiger partial charge < -0.3 is 5.32 Å². The van der Waals surface area contributed by atoms with E-state index in [1.54, 1.807) is 53.4 Å². The average Bonchev–Trinajstić information content (AvgIpc) is 2.57. The van der Waals surface area contributed by atoms with Crippen molar-refractivity contribution in [3.8, 4) is 0 Å². The molecule has 1 N–H and O–H groups in total. The summed E-state index contributed by atoms with van der Waals surface area (Å²) in [4.78, 5) is 25.5. The van der Waals surface area contributed by atoms with Gasteiger partial charge in [-0.3, -0.25) is 14.5 Å². The van der Waals surface area contributed by atoms with Crippen molar-refractivity contribution < 1.29 is 14.0 Å². The summed E-state index contributed by atoms with van der Waals surface area (Å²) in [6, 6.07) is 13.2. The van der Waals surface area contributed by atoms with Crippen molar-refractivity contribution in [2.45, 2.75) is 13.5 Å². The number of amides is 1. The highest BCUT2D eigenvalue weighted by molar-refractivity contribution is 5.97. The molecule has 2 rings (SSSR count). The van der Waals surface area contributed by atoms with Crippen molar-refractivity contribution in [2.24, 2.45) is 0 Å². The van der Waals surface area contributed by atoms with Crippen LogP contribution in [0.3, 0.4) is 0 Å². The normalized spacial score (nSPS) is 10.5. The van der Waals surface area contributed by atoms with Gasteiger partial charge in [-0.25, -0.2) is 4.39 Å². The molecule has 2 aromatic carbocycles. The Bertz CT molecular complexity index is 774. The van der Waals surface area contributed by atoms with Crippen LogP contribution in [-0.4, -0.2) is 29.7 Å². The van der Waals surface area contributed by atoms with Crippen LogP contribution in [-0.2, 0) is 11.3 Å². The van der Waals surface area contributed by atoms with Crippen molar-refractivity contribution >= 4 is 17.4 Å². The highest BCUT2D eigenvalue weighted by Gasteiger charge is 2.13. The third kappa shape index (κ3) is 5.65. The van der Waals surface area contributed by atoms with Crippen LogP contribution in [0.1, 0.15) is 22.8 Å². The molecule has 0 bridgehead atoms. The Kier molecular flexibility index (Phi) is 6.60. The maximum atomic E-state index is 13.8. The smallest absolute Gasteiger partial charge is 0.238 e. The van der Waals surface area contributed by atoms with Crippen LogP contribution in [0.25, 0.3) is 0 Å². The van der Waals surface area contributed by atoms with E-state index in [-0.39, 0.29) is 24.1 Å². The van der Waals surface area contributed by atoms with E-state index in [2.05, 4.69) is 11.9 Å². The molecular formula is C20H21FN2O2. The second-order valence-corrected chi connectivity index (χ2v) is 5.73. The lowest BCUT2D eigenvalue weighted by Crippen LogP contribution is -2.33. The standard InChI is InChI=1S/C20H21FN2O2/c1-3-11-23(13-17-7-4-5-10-19(17)21)14-20(25)22-18-9-6-8-16(12-18)15(2)24/h3-10,12H,1,11,13-14H2,2H3,(H,22,25). The van der Waals surface area contributed by atoms with Gasteiger partial charge in [0.1, 0.15) is 5.82 Å². The van der Waals surface area contributed by atoms with Crippen molar-refractivity contribution in [2.75, 3.05) is 18.4 Å². The lowest BCUT2D eigenvalue weighted by Gasteiger charge is -2.20.